The van der Waals surface area contributed by atoms with E-state index in [1.807, 2.05) is 0 Å². The van der Waals surface area contributed by atoms with E-state index in [1.54, 1.807) is 18.5 Å². The van der Waals surface area contributed by atoms with E-state index in [0.29, 0.717) is 10.7 Å². The van der Waals surface area contributed by atoms with Crippen LogP contribution in [0.1, 0.15) is 32.1 Å². The molecule has 1 heterocycles. The van der Waals surface area contributed by atoms with E-state index in [9.17, 15) is 4.79 Å². The number of rotatable bonds is 2. The van der Waals surface area contributed by atoms with Gasteiger partial charge in [0.05, 0.1) is 16.9 Å². The van der Waals surface area contributed by atoms with E-state index in [4.69, 9.17) is 11.6 Å². The number of halogens is 1. The van der Waals surface area contributed by atoms with Crippen LogP contribution in [-0.2, 0) is 4.79 Å². The second-order valence-electron chi connectivity index (χ2n) is 4.18. The first-order valence-electron chi connectivity index (χ1n) is 5.68. The summed E-state index contributed by atoms with van der Waals surface area (Å²) >= 11 is 5.95. The van der Waals surface area contributed by atoms with Crippen LogP contribution < -0.4 is 5.32 Å². The van der Waals surface area contributed by atoms with Gasteiger partial charge in [0.15, 0.2) is 0 Å². The predicted molar refractivity (Wildman–Crippen MR) is 64.5 cm³/mol. The average Bonchev–Trinajstić information content (AvgIpc) is 2.33. The third kappa shape index (κ3) is 2.73. The minimum absolute atomic E-state index is 0.0783. The molecule has 0 unspecified atom stereocenters. The van der Waals surface area contributed by atoms with Crippen LogP contribution in [0.15, 0.2) is 18.5 Å². The van der Waals surface area contributed by atoms with Gasteiger partial charge in [0.1, 0.15) is 0 Å². The molecule has 86 valence electrons. The molecule has 1 aliphatic carbocycles. The van der Waals surface area contributed by atoms with Crippen molar-refractivity contribution in [1.29, 1.82) is 0 Å². The van der Waals surface area contributed by atoms with E-state index in [2.05, 4.69) is 10.3 Å². The Labute approximate surface area is 100 Å². The van der Waals surface area contributed by atoms with Crippen molar-refractivity contribution in [3.63, 3.8) is 0 Å². The molecule has 0 spiro atoms. The Balaban J connectivity index is 1.99. The summed E-state index contributed by atoms with van der Waals surface area (Å²) in [6.45, 7) is 0. The van der Waals surface area contributed by atoms with Gasteiger partial charge < -0.3 is 5.32 Å². The van der Waals surface area contributed by atoms with E-state index < -0.39 is 0 Å². The normalized spacial score (nSPS) is 17.1. The smallest absolute Gasteiger partial charge is 0.227 e. The highest BCUT2D eigenvalue weighted by Gasteiger charge is 2.21. The lowest BCUT2D eigenvalue weighted by Gasteiger charge is -2.20. The monoisotopic (exact) mass is 238 g/mol. The maximum absolute atomic E-state index is 11.9. The van der Waals surface area contributed by atoms with Crippen molar-refractivity contribution in [2.75, 3.05) is 5.32 Å². The highest BCUT2D eigenvalue weighted by Crippen LogP contribution is 2.26. The zero-order valence-electron chi connectivity index (χ0n) is 9.08. The molecule has 3 nitrogen and oxygen atoms in total. The number of anilines is 1. The molecule has 1 aliphatic rings. The number of hydrogen-bond donors (Lipinski definition) is 1. The molecule has 0 atom stereocenters. The maximum Gasteiger partial charge on any atom is 0.227 e. The Morgan fingerprint density at radius 1 is 1.38 bits per heavy atom. The Kier molecular flexibility index (Phi) is 3.78. The number of aromatic nitrogens is 1. The van der Waals surface area contributed by atoms with Crippen molar-refractivity contribution in [3.05, 3.63) is 23.5 Å². The summed E-state index contributed by atoms with van der Waals surface area (Å²) in [4.78, 5) is 15.9. The molecule has 1 aromatic rings. The fraction of sp³-hybridized carbons (Fsp3) is 0.500. The van der Waals surface area contributed by atoms with Crippen LogP contribution >= 0.6 is 11.6 Å². The van der Waals surface area contributed by atoms with E-state index in [-0.39, 0.29) is 11.8 Å². The van der Waals surface area contributed by atoms with Crippen molar-refractivity contribution in [3.8, 4) is 0 Å². The predicted octanol–water partition coefficient (Wildman–Crippen LogP) is 3.25. The summed E-state index contributed by atoms with van der Waals surface area (Å²) in [5.74, 6) is 0.222. The van der Waals surface area contributed by atoms with Gasteiger partial charge in [0.25, 0.3) is 0 Å². The van der Waals surface area contributed by atoms with Crippen LogP contribution in [-0.4, -0.2) is 10.9 Å². The molecule has 2 rings (SSSR count). The molecular formula is C12H15ClN2O. The molecule has 1 saturated carbocycles. The third-order valence-corrected chi connectivity index (χ3v) is 3.33. The molecule has 1 amide bonds. The van der Waals surface area contributed by atoms with Crippen LogP contribution in [0.3, 0.4) is 0 Å². The minimum atomic E-state index is 0.0783. The Morgan fingerprint density at radius 3 is 2.81 bits per heavy atom. The second-order valence-corrected chi connectivity index (χ2v) is 4.59. The zero-order chi connectivity index (χ0) is 11.4. The molecule has 0 bridgehead atoms. The maximum atomic E-state index is 11.9. The summed E-state index contributed by atoms with van der Waals surface area (Å²) < 4.78 is 0. The fourth-order valence-corrected chi connectivity index (χ4v) is 2.22. The Bertz CT molecular complexity index is 375. The van der Waals surface area contributed by atoms with Gasteiger partial charge >= 0.3 is 0 Å². The highest BCUT2D eigenvalue weighted by molar-refractivity contribution is 6.33. The molecule has 1 N–H and O–H groups in total. The topological polar surface area (TPSA) is 42.0 Å². The lowest BCUT2D eigenvalue weighted by atomic mass is 9.88. The molecule has 1 aromatic heterocycles. The lowest BCUT2D eigenvalue weighted by molar-refractivity contribution is -0.120. The molecule has 16 heavy (non-hydrogen) atoms. The number of carbonyl (C=O) groups is 1. The average molecular weight is 239 g/mol. The van der Waals surface area contributed by atoms with Gasteiger partial charge in [-0.3, -0.25) is 9.78 Å². The van der Waals surface area contributed by atoms with Gasteiger partial charge in [0, 0.05) is 12.1 Å². The first kappa shape index (κ1) is 11.4. The van der Waals surface area contributed by atoms with Gasteiger partial charge in [-0.2, -0.15) is 0 Å². The van der Waals surface area contributed by atoms with E-state index >= 15 is 0 Å². The van der Waals surface area contributed by atoms with Crippen LogP contribution in [0.2, 0.25) is 5.02 Å². The van der Waals surface area contributed by atoms with Crippen LogP contribution in [0.4, 0.5) is 5.69 Å². The standard InChI is InChI=1S/C12H15ClN2O/c13-10-6-7-14-8-11(10)15-12(16)9-4-2-1-3-5-9/h6-9H,1-5H2,(H,15,16). The highest BCUT2D eigenvalue weighted by atomic mass is 35.5. The minimum Gasteiger partial charge on any atom is -0.323 e. The molecule has 0 radical (unpaired) electrons. The van der Waals surface area contributed by atoms with Crippen LogP contribution in [0.25, 0.3) is 0 Å². The second kappa shape index (κ2) is 5.30. The number of amides is 1. The Morgan fingerprint density at radius 2 is 2.12 bits per heavy atom. The first-order chi connectivity index (χ1) is 7.77. The molecule has 0 saturated heterocycles. The SMILES string of the molecule is O=C(Nc1cnccc1Cl)C1CCCCC1. The summed E-state index contributed by atoms with van der Waals surface area (Å²) in [6, 6.07) is 1.68. The summed E-state index contributed by atoms with van der Waals surface area (Å²) in [5.41, 5.74) is 0.611. The number of pyridine rings is 1. The van der Waals surface area contributed by atoms with Crippen molar-refractivity contribution in [1.82, 2.24) is 4.98 Å². The first-order valence-corrected chi connectivity index (χ1v) is 6.05. The van der Waals surface area contributed by atoms with Crippen molar-refractivity contribution in [2.24, 2.45) is 5.92 Å². The molecule has 1 fully saturated rings. The van der Waals surface area contributed by atoms with Gasteiger partial charge in [-0.25, -0.2) is 0 Å². The van der Waals surface area contributed by atoms with Gasteiger partial charge in [-0.1, -0.05) is 30.9 Å². The quantitative estimate of drug-likeness (QED) is 0.859. The van der Waals surface area contributed by atoms with Gasteiger partial charge in [-0.15, -0.1) is 0 Å². The van der Waals surface area contributed by atoms with Crippen molar-refractivity contribution in [2.45, 2.75) is 32.1 Å². The Hall–Kier alpha value is -1.09. The van der Waals surface area contributed by atoms with Crippen molar-refractivity contribution < 1.29 is 4.79 Å². The molecular weight excluding hydrogens is 224 g/mol. The van der Waals surface area contributed by atoms with Gasteiger partial charge in [-0.05, 0) is 18.9 Å². The molecule has 0 aliphatic heterocycles. The zero-order valence-corrected chi connectivity index (χ0v) is 9.83. The fourth-order valence-electron chi connectivity index (χ4n) is 2.07. The lowest BCUT2D eigenvalue weighted by Crippen LogP contribution is -2.24. The molecule has 0 aromatic carbocycles. The summed E-state index contributed by atoms with van der Waals surface area (Å²) in [7, 11) is 0. The van der Waals surface area contributed by atoms with Gasteiger partial charge in [0.2, 0.25) is 5.91 Å². The third-order valence-electron chi connectivity index (χ3n) is 3.00. The van der Waals surface area contributed by atoms with Crippen LogP contribution in [0.5, 0.6) is 0 Å². The van der Waals surface area contributed by atoms with Crippen molar-refractivity contribution >= 4 is 23.2 Å². The number of carbonyl (C=O) groups excluding carboxylic acids is 1. The molecule has 4 heteroatoms. The van der Waals surface area contributed by atoms with E-state index in [1.165, 1.54) is 6.42 Å². The number of nitrogens with one attached hydrogen (secondary N) is 1. The van der Waals surface area contributed by atoms with E-state index in [0.717, 1.165) is 25.7 Å². The van der Waals surface area contributed by atoms with Crippen LogP contribution in [0, 0.1) is 5.92 Å². The summed E-state index contributed by atoms with van der Waals surface area (Å²) in [6.07, 6.45) is 8.73. The largest absolute Gasteiger partial charge is 0.323 e. The number of hydrogen-bond acceptors (Lipinski definition) is 2. The summed E-state index contributed by atoms with van der Waals surface area (Å²) in [5, 5.41) is 3.39. The number of nitrogens with zero attached hydrogens (tertiary/aromatic N) is 1.